The Morgan fingerprint density at radius 2 is 1.70 bits per heavy atom. The van der Waals surface area contributed by atoms with Crippen LogP contribution in [0.15, 0.2) is 65.6 Å². The Labute approximate surface area is 162 Å². The molecule has 0 heterocycles. The van der Waals surface area contributed by atoms with Crippen LogP contribution >= 0.6 is 11.8 Å². The summed E-state index contributed by atoms with van der Waals surface area (Å²) in [6, 6.07) is 19.8. The van der Waals surface area contributed by atoms with Gasteiger partial charge in [0.2, 0.25) is 0 Å². The highest BCUT2D eigenvalue weighted by Gasteiger charge is 2.09. The second-order valence-corrected chi connectivity index (χ2v) is 7.35. The van der Waals surface area contributed by atoms with Crippen molar-refractivity contribution in [1.29, 1.82) is 0 Å². The highest BCUT2D eigenvalue weighted by Crippen LogP contribution is 2.23. The molecule has 0 saturated carbocycles. The van der Waals surface area contributed by atoms with E-state index in [1.165, 1.54) is 11.8 Å². The number of hydrogen-bond donors (Lipinski definition) is 1. The van der Waals surface area contributed by atoms with Crippen molar-refractivity contribution in [2.45, 2.75) is 18.7 Å². The van der Waals surface area contributed by atoms with Gasteiger partial charge in [-0.3, -0.25) is 9.59 Å². The molecule has 0 atom stereocenters. The van der Waals surface area contributed by atoms with Gasteiger partial charge in [-0.15, -0.1) is 11.8 Å². The highest BCUT2D eigenvalue weighted by molar-refractivity contribution is 8.00. The maximum Gasteiger partial charge on any atom is 0.316 e. The Hall–Kier alpha value is -2.79. The van der Waals surface area contributed by atoms with Gasteiger partial charge in [0.1, 0.15) is 0 Å². The van der Waals surface area contributed by atoms with Gasteiger partial charge in [-0.2, -0.15) is 0 Å². The summed E-state index contributed by atoms with van der Waals surface area (Å²) in [7, 11) is 0. The van der Waals surface area contributed by atoms with Crippen LogP contribution in [-0.2, 0) is 14.3 Å². The van der Waals surface area contributed by atoms with E-state index >= 15 is 0 Å². The van der Waals surface area contributed by atoms with E-state index in [1.54, 1.807) is 0 Å². The monoisotopic (exact) mass is 379 g/mol. The molecule has 0 aliphatic carbocycles. The zero-order valence-electron chi connectivity index (χ0n) is 15.3. The Morgan fingerprint density at radius 3 is 2.48 bits per heavy atom. The molecule has 1 amide bonds. The Kier molecular flexibility index (Phi) is 6.14. The number of anilines is 1. The number of thioether (sulfide) groups is 1. The summed E-state index contributed by atoms with van der Waals surface area (Å²) < 4.78 is 5.07. The van der Waals surface area contributed by atoms with E-state index in [2.05, 4.69) is 5.32 Å². The van der Waals surface area contributed by atoms with Crippen LogP contribution in [0.1, 0.15) is 11.1 Å². The first-order chi connectivity index (χ1) is 13.0. The zero-order chi connectivity index (χ0) is 19.2. The molecule has 0 fully saturated rings. The lowest BCUT2D eigenvalue weighted by atomic mass is 10.1. The van der Waals surface area contributed by atoms with Gasteiger partial charge in [-0.05, 0) is 60.0 Å². The van der Waals surface area contributed by atoms with E-state index in [4.69, 9.17) is 4.74 Å². The lowest BCUT2D eigenvalue weighted by Gasteiger charge is -2.08. The lowest BCUT2D eigenvalue weighted by molar-refractivity contribution is -0.144. The van der Waals surface area contributed by atoms with Crippen LogP contribution in [0.25, 0.3) is 10.8 Å². The number of ether oxygens (including phenoxy) is 1. The van der Waals surface area contributed by atoms with Crippen molar-refractivity contribution in [3.8, 4) is 0 Å². The molecule has 1 N–H and O–H groups in total. The normalized spacial score (nSPS) is 10.6. The number of carbonyl (C=O) groups is 2. The van der Waals surface area contributed by atoms with E-state index in [9.17, 15) is 9.59 Å². The number of rotatable bonds is 6. The second kappa shape index (κ2) is 8.73. The van der Waals surface area contributed by atoms with Gasteiger partial charge in [0.05, 0.1) is 5.75 Å². The number of fused-ring (bicyclic) bond motifs is 1. The maximum absolute atomic E-state index is 11.9. The van der Waals surface area contributed by atoms with Crippen LogP contribution in [0.2, 0.25) is 0 Å². The van der Waals surface area contributed by atoms with Gasteiger partial charge in [0.15, 0.2) is 6.61 Å². The third-order valence-electron chi connectivity index (χ3n) is 4.23. The molecule has 138 valence electrons. The second-order valence-electron chi connectivity index (χ2n) is 6.31. The van der Waals surface area contributed by atoms with Crippen molar-refractivity contribution in [1.82, 2.24) is 0 Å². The van der Waals surface area contributed by atoms with Crippen molar-refractivity contribution >= 4 is 40.1 Å². The predicted octanol–water partition coefficient (Wildman–Crippen LogP) is 4.73. The number of carbonyl (C=O) groups excluding carboxylic acids is 2. The minimum absolute atomic E-state index is 0.162. The fourth-order valence-corrected chi connectivity index (χ4v) is 3.35. The topological polar surface area (TPSA) is 55.4 Å². The van der Waals surface area contributed by atoms with E-state index in [0.29, 0.717) is 5.69 Å². The molecule has 4 nitrogen and oxygen atoms in total. The molecule has 0 unspecified atom stereocenters. The highest BCUT2D eigenvalue weighted by atomic mass is 32.2. The summed E-state index contributed by atoms with van der Waals surface area (Å²) in [4.78, 5) is 24.8. The summed E-state index contributed by atoms with van der Waals surface area (Å²) >= 11 is 1.40. The van der Waals surface area contributed by atoms with Crippen LogP contribution in [0, 0.1) is 13.8 Å². The van der Waals surface area contributed by atoms with Crippen molar-refractivity contribution in [3.63, 3.8) is 0 Å². The molecule has 3 rings (SSSR count). The number of amides is 1. The number of benzene rings is 3. The van der Waals surface area contributed by atoms with Gasteiger partial charge in [-0.25, -0.2) is 0 Å². The molecule has 0 bridgehead atoms. The summed E-state index contributed by atoms with van der Waals surface area (Å²) in [5.41, 5.74) is 2.95. The Morgan fingerprint density at radius 1 is 0.926 bits per heavy atom. The minimum atomic E-state index is -0.414. The van der Waals surface area contributed by atoms with E-state index in [0.717, 1.165) is 26.8 Å². The number of aryl methyl sites for hydroxylation is 2. The molecule has 0 spiro atoms. The standard InChI is InChI=1S/C22H21NO3S/c1-15-7-9-19(11-16(15)2)23-21(24)13-26-22(25)14-27-20-10-8-17-5-3-4-6-18(17)12-20/h3-12H,13-14H2,1-2H3,(H,23,24). The van der Waals surface area contributed by atoms with Crippen LogP contribution in [0.3, 0.4) is 0 Å². The van der Waals surface area contributed by atoms with E-state index in [-0.39, 0.29) is 18.3 Å². The molecular weight excluding hydrogens is 358 g/mol. The smallest absolute Gasteiger partial charge is 0.316 e. The Balaban J connectivity index is 1.45. The number of hydrogen-bond acceptors (Lipinski definition) is 4. The fraction of sp³-hybridized carbons (Fsp3) is 0.182. The Bertz CT molecular complexity index is 984. The van der Waals surface area contributed by atoms with Gasteiger partial charge >= 0.3 is 5.97 Å². The molecule has 0 saturated heterocycles. The van der Waals surface area contributed by atoms with Crippen LogP contribution < -0.4 is 5.32 Å². The summed E-state index contributed by atoms with van der Waals surface area (Å²) in [6.45, 7) is 3.70. The van der Waals surface area contributed by atoms with Crippen LogP contribution in [0.5, 0.6) is 0 Å². The third kappa shape index (κ3) is 5.34. The van der Waals surface area contributed by atoms with Crippen molar-refractivity contribution in [3.05, 3.63) is 71.8 Å². The average Bonchev–Trinajstić information content (AvgIpc) is 2.67. The molecule has 27 heavy (non-hydrogen) atoms. The van der Waals surface area contributed by atoms with Crippen LogP contribution in [-0.4, -0.2) is 24.2 Å². The zero-order valence-corrected chi connectivity index (χ0v) is 16.1. The molecule has 5 heteroatoms. The predicted molar refractivity (Wildman–Crippen MR) is 110 cm³/mol. The van der Waals surface area contributed by atoms with Gasteiger partial charge in [0, 0.05) is 10.6 Å². The number of esters is 1. The van der Waals surface area contributed by atoms with Crippen molar-refractivity contribution < 1.29 is 14.3 Å². The maximum atomic E-state index is 11.9. The first-order valence-electron chi connectivity index (χ1n) is 8.65. The average molecular weight is 379 g/mol. The van der Waals surface area contributed by atoms with Crippen molar-refractivity contribution in [2.75, 3.05) is 17.7 Å². The molecular formula is C22H21NO3S. The molecule has 0 aliphatic heterocycles. The van der Waals surface area contributed by atoms with E-state index in [1.807, 2.05) is 74.5 Å². The third-order valence-corrected chi connectivity index (χ3v) is 5.20. The summed E-state index contributed by atoms with van der Waals surface area (Å²) in [6.07, 6.45) is 0. The molecule has 0 radical (unpaired) electrons. The van der Waals surface area contributed by atoms with Gasteiger partial charge in [-0.1, -0.05) is 36.4 Å². The minimum Gasteiger partial charge on any atom is -0.455 e. The largest absolute Gasteiger partial charge is 0.455 e. The van der Waals surface area contributed by atoms with Crippen LogP contribution in [0.4, 0.5) is 5.69 Å². The summed E-state index contributed by atoms with van der Waals surface area (Å²) in [5.74, 6) is -0.597. The number of nitrogens with one attached hydrogen (secondary N) is 1. The quantitative estimate of drug-likeness (QED) is 0.497. The molecule has 3 aromatic rings. The van der Waals surface area contributed by atoms with Gasteiger partial charge in [0.25, 0.3) is 5.91 Å². The van der Waals surface area contributed by atoms with Gasteiger partial charge < -0.3 is 10.1 Å². The lowest BCUT2D eigenvalue weighted by Crippen LogP contribution is -2.21. The van der Waals surface area contributed by atoms with Crippen molar-refractivity contribution in [2.24, 2.45) is 0 Å². The van der Waals surface area contributed by atoms with E-state index < -0.39 is 5.97 Å². The first kappa shape index (κ1) is 19.0. The first-order valence-corrected chi connectivity index (χ1v) is 9.64. The molecule has 3 aromatic carbocycles. The summed E-state index contributed by atoms with van der Waals surface area (Å²) in [5, 5.41) is 5.02. The molecule has 0 aromatic heterocycles. The fourth-order valence-electron chi connectivity index (χ4n) is 2.60. The molecule has 0 aliphatic rings. The SMILES string of the molecule is Cc1ccc(NC(=O)COC(=O)CSc2ccc3ccccc3c2)cc1C.